The molecular formula is C26H23ClN4O. The topological polar surface area (TPSA) is 51.0 Å². The molecule has 2 aromatic carbocycles. The average Bonchev–Trinajstić information content (AvgIpc) is 3.59. The Morgan fingerprint density at radius 2 is 1.72 bits per heavy atom. The molecule has 2 aromatic heterocycles. The first kappa shape index (κ1) is 20.5. The van der Waals surface area contributed by atoms with Crippen LogP contribution in [0.4, 0.5) is 0 Å². The summed E-state index contributed by atoms with van der Waals surface area (Å²) in [6.07, 6.45) is 7.93. The summed E-state index contributed by atoms with van der Waals surface area (Å²) in [5.74, 6) is 0.118. The number of benzene rings is 2. The molecule has 2 heterocycles. The van der Waals surface area contributed by atoms with Gasteiger partial charge in [-0.3, -0.25) is 9.78 Å². The molecule has 1 aliphatic rings. The van der Waals surface area contributed by atoms with Crippen molar-refractivity contribution >= 4 is 17.5 Å². The molecule has 1 saturated carbocycles. The second-order valence-electron chi connectivity index (χ2n) is 8.08. The molecule has 1 aliphatic carbocycles. The zero-order valence-corrected chi connectivity index (χ0v) is 18.3. The summed E-state index contributed by atoms with van der Waals surface area (Å²) < 4.78 is 1.84. The van der Waals surface area contributed by atoms with Crippen molar-refractivity contribution < 1.29 is 4.79 Å². The van der Waals surface area contributed by atoms with Crippen LogP contribution in [-0.2, 0) is 17.8 Å². The van der Waals surface area contributed by atoms with E-state index in [-0.39, 0.29) is 5.91 Å². The summed E-state index contributed by atoms with van der Waals surface area (Å²) in [4.78, 5) is 19.5. The Bertz CT molecular complexity index is 1200. The molecule has 5 rings (SSSR count). The number of halogens is 1. The van der Waals surface area contributed by atoms with Gasteiger partial charge in [-0.15, -0.1) is 0 Å². The van der Waals surface area contributed by atoms with Crippen LogP contribution in [0.15, 0.2) is 85.3 Å². The van der Waals surface area contributed by atoms with E-state index < -0.39 is 0 Å². The fraction of sp³-hybridized carbons (Fsp3) is 0.192. The van der Waals surface area contributed by atoms with E-state index >= 15 is 0 Å². The minimum atomic E-state index is 0.118. The average molecular weight is 443 g/mol. The summed E-state index contributed by atoms with van der Waals surface area (Å²) >= 11 is 6.09. The van der Waals surface area contributed by atoms with E-state index in [1.807, 2.05) is 82.5 Å². The first-order chi connectivity index (χ1) is 15.7. The lowest BCUT2D eigenvalue weighted by Crippen LogP contribution is -2.33. The number of hydrogen-bond acceptors (Lipinski definition) is 3. The normalized spacial score (nSPS) is 13.2. The minimum absolute atomic E-state index is 0.118. The van der Waals surface area contributed by atoms with Gasteiger partial charge in [0.25, 0.3) is 0 Å². The van der Waals surface area contributed by atoms with E-state index in [9.17, 15) is 4.79 Å². The molecule has 160 valence electrons. The third kappa shape index (κ3) is 4.58. The molecule has 0 radical (unpaired) electrons. The lowest BCUT2D eigenvalue weighted by atomic mass is 10.1. The zero-order valence-electron chi connectivity index (χ0n) is 17.6. The van der Waals surface area contributed by atoms with Gasteiger partial charge in [0.15, 0.2) is 0 Å². The predicted octanol–water partition coefficient (Wildman–Crippen LogP) is 5.32. The number of rotatable bonds is 7. The molecule has 0 bridgehead atoms. The second kappa shape index (κ2) is 8.97. The summed E-state index contributed by atoms with van der Waals surface area (Å²) in [5.41, 5.74) is 4.70. The second-order valence-corrected chi connectivity index (χ2v) is 8.51. The highest BCUT2D eigenvalue weighted by Crippen LogP contribution is 2.31. The minimum Gasteiger partial charge on any atom is -0.335 e. The Balaban J connectivity index is 1.46. The Morgan fingerprint density at radius 1 is 1.00 bits per heavy atom. The van der Waals surface area contributed by atoms with Crippen LogP contribution in [0.2, 0.25) is 5.02 Å². The number of aromatic nitrogens is 3. The van der Waals surface area contributed by atoms with Crippen molar-refractivity contribution in [2.45, 2.75) is 31.8 Å². The number of carbonyl (C=O) groups excluding carboxylic acids is 1. The molecule has 1 amide bonds. The first-order valence-corrected chi connectivity index (χ1v) is 11.1. The molecule has 32 heavy (non-hydrogen) atoms. The van der Waals surface area contributed by atoms with E-state index in [2.05, 4.69) is 4.98 Å². The number of amides is 1. The monoisotopic (exact) mass is 442 g/mol. The van der Waals surface area contributed by atoms with Crippen molar-refractivity contribution in [3.05, 3.63) is 101 Å². The van der Waals surface area contributed by atoms with Gasteiger partial charge in [-0.05, 0) is 54.8 Å². The zero-order chi connectivity index (χ0) is 21.9. The molecule has 5 nitrogen and oxygen atoms in total. The van der Waals surface area contributed by atoms with Crippen molar-refractivity contribution in [1.29, 1.82) is 0 Å². The number of hydrogen-bond donors (Lipinski definition) is 0. The molecule has 0 atom stereocenters. The number of carbonyl (C=O) groups is 1. The molecule has 0 saturated heterocycles. The molecule has 4 aromatic rings. The lowest BCUT2D eigenvalue weighted by molar-refractivity contribution is -0.131. The van der Waals surface area contributed by atoms with Crippen molar-refractivity contribution in [2.24, 2.45) is 0 Å². The van der Waals surface area contributed by atoms with Crippen LogP contribution in [-0.4, -0.2) is 31.6 Å². The van der Waals surface area contributed by atoms with E-state index in [0.717, 1.165) is 40.9 Å². The predicted molar refractivity (Wildman–Crippen MR) is 126 cm³/mol. The van der Waals surface area contributed by atoms with Crippen LogP contribution in [0, 0.1) is 0 Å². The van der Waals surface area contributed by atoms with Crippen molar-refractivity contribution in [3.63, 3.8) is 0 Å². The highest BCUT2D eigenvalue weighted by atomic mass is 35.5. The molecule has 1 fully saturated rings. The maximum absolute atomic E-state index is 13.4. The maximum Gasteiger partial charge on any atom is 0.227 e. The van der Waals surface area contributed by atoms with Crippen molar-refractivity contribution in [2.75, 3.05) is 0 Å². The fourth-order valence-corrected chi connectivity index (χ4v) is 3.99. The fourth-order valence-electron chi connectivity index (χ4n) is 3.86. The standard InChI is InChI=1S/C26H23ClN4O/c27-22-8-6-20(7-9-22)26-21(18-31(29-26)24-4-2-1-3-5-24)16-25(32)30(23-10-11-23)17-19-12-14-28-15-13-19/h1-9,12-15,18,23H,10-11,16-17H2. The van der Waals surface area contributed by atoms with Gasteiger partial charge in [-0.25, -0.2) is 4.68 Å². The van der Waals surface area contributed by atoms with Crippen LogP contribution in [0.25, 0.3) is 16.9 Å². The third-order valence-electron chi connectivity index (χ3n) is 5.68. The molecule has 0 aliphatic heterocycles. The van der Waals surface area contributed by atoms with E-state index in [0.29, 0.717) is 24.0 Å². The number of para-hydroxylation sites is 1. The van der Waals surface area contributed by atoms with Crippen LogP contribution in [0.3, 0.4) is 0 Å². The summed E-state index contributed by atoms with van der Waals surface area (Å²) in [7, 11) is 0. The third-order valence-corrected chi connectivity index (χ3v) is 5.93. The Morgan fingerprint density at radius 3 is 2.41 bits per heavy atom. The summed E-state index contributed by atoms with van der Waals surface area (Å²) in [5, 5.41) is 5.50. The molecule has 6 heteroatoms. The van der Waals surface area contributed by atoms with Gasteiger partial charge in [-0.1, -0.05) is 41.9 Å². The summed E-state index contributed by atoms with van der Waals surface area (Å²) in [6.45, 7) is 0.606. The van der Waals surface area contributed by atoms with E-state index in [4.69, 9.17) is 16.7 Å². The van der Waals surface area contributed by atoms with Crippen LogP contribution < -0.4 is 0 Å². The molecular weight excluding hydrogens is 420 g/mol. The smallest absolute Gasteiger partial charge is 0.227 e. The summed E-state index contributed by atoms with van der Waals surface area (Å²) in [6, 6.07) is 21.8. The highest BCUT2D eigenvalue weighted by molar-refractivity contribution is 6.30. The van der Waals surface area contributed by atoms with Crippen LogP contribution in [0.1, 0.15) is 24.0 Å². The van der Waals surface area contributed by atoms with E-state index in [1.165, 1.54) is 0 Å². The lowest BCUT2D eigenvalue weighted by Gasteiger charge is -2.22. The maximum atomic E-state index is 13.4. The van der Waals surface area contributed by atoms with Crippen LogP contribution in [0.5, 0.6) is 0 Å². The molecule has 0 N–H and O–H groups in total. The van der Waals surface area contributed by atoms with Gasteiger partial charge in [0, 0.05) is 47.3 Å². The van der Waals surface area contributed by atoms with E-state index in [1.54, 1.807) is 12.4 Å². The van der Waals surface area contributed by atoms with Gasteiger partial charge in [0.1, 0.15) is 0 Å². The molecule has 0 unspecified atom stereocenters. The first-order valence-electron chi connectivity index (χ1n) is 10.8. The Labute approximate surface area is 192 Å². The molecule has 0 spiro atoms. The number of pyridine rings is 1. The highest BCUT2D eigenvalue weighted by Gasteiger charge is 2.33. The van der Waals surface area contributed by atoms with Gasteiger partial charge < -0.3 is 4.90 Å². The largest absolute Gasteiger partial charge is 0.335 e. The van der Waals surface area contributed by atoms with Crippen LogP contribution >= 0.6 is 11.6 Å². The van der Waals surface area contributed by atoms with Gasteiger partial charge in [0.2, 0.25) is 5.91 Å². The quantitative estimate of drug-likeness (QED) is 0.389. The van der Waals surface area contributed by atoms with Gasteiger partial charge in [0.05, 0.1) is 17.8 Å². The Kier molecular flexibility index (Phi) is 5.73. The number of nitrogens with zero attached hydrogens (tertiary/aromatic N) is 4. The SMILES string of the molecule is O=C(Cc1cn(-c2ccccc2)nc1-c1ccc(Cl)cc1)N(Cc1ccncc1)C1CC1. The van der Waals surface area contributed by atoms with Crippen molar-refractivity contribution in [3.8, 4) is 16.9 Å². The Hall–Kier alpha value is -3.44. The van der Waals surface area contributed by atoms with Gasteiger partial charge in [-0.2, -0.15) is 5.10 Å². The van der Waals surface area contributed by atoms with Crippen molar-refractivity contribution in [1.82, 2.24) is 19.7 Å². The van der Waals surface area contributed by atoms with Gasteiger partial charge >= 0.3 is 0 Å².